The monoisotopic (exact) mass is 327 g/mol. The molecule has 0 bridgehead atoms. The number of thiophene rings is 1. The second-order valence-corrected chi connectivity index (χ2v) is 6.26. The molecule has 0 aliphatic carbocycles. The van der Waals surface area contributed by atoms with Crippen molar-refractivity contribution in [1.82, 2.24) is 5.32 Å². The number of amides is 1. The van der Waals surface area contributed by atoms with Crippen LogP contribution in [-0.2, 0) is 6.18 Å². The summed E-state index contributed by atoms with van der Waals surface area (Å²) in [6.45, 7) is 3.97. The molecule has 0 fully saturated rings. The van der Waals surface area contributed by atoms with Crippen LogP contribution in [0.2, 0.25) is 0 Å². The smallest absolute Gasteiger partial charge is 0.344 e. The minimum atomic E-state index is -4.40. The topological polar surface area (TPSA) is 29.1 Å². The molecule has 2 aromatic rings. The highest BCUT2D eigenvalue weighted by Crippen LogP contribution is 2.29. The summed E-state index contributed by atoms with van der Waals surface area (Å²) in [4.78, 5) is 13.3. The summed E-state index contributed by atoms with van der Waals surface area (Å²) < 4.78 is 37.6. The Balaban J connectivity index is 2.14. The average Bonchev–Trinajstić information content (AvgIpc) is 2.97. The summed E-state index contributed by atoms with van der Waals surface area (Å²) in [6.07, 6.45) is -4.40. The largest absolute Gasteiger partial charge is 0.416 e. The van der Waals surface area contributed by atoms with Gasteiger partial charge in [0.15, 0.2) is 0 Å². The van der Waals surface area contributed by atoms with Crippen LogP contribution < -0.4 is 5.32 Å². The van der Waals surface area contributed by atoms with E-state index < -0.39 is 11.7 Å². The van der Waals surface area contributed by atoms with E-state index in [1.165, 1.54) is 23.5 Å². The molecule has 0 aliphatic rings. The zero-order chi connectivity index (χ0) is 16.3. The Morgan fingerprint density at radius 3 is 2.23 bits per heavy atom. The Bertz CT molecular complexity index is 618. The van der Waals surface area contributed by atoms with E-state index in [-0.39, 0.29) is 23.4 Å². The maximum Gasteiger partial charge on any atom is 0.416 e. The zero-order valence-corrected chi connectivity index (χ0v) is 13.0. The van der Waals surface area contributed by atoms with E-state index in [1.54, 1.807) is 0 Å². The van der Waals surface area contributed by atoms with Gasteiger partial charge in [0.1, 0.15) is 0 Å². The van der Waals surface area contributed by atoms with E-state index in [0.717, 1.165) is 17.0 Å². The second-order valence-electron chi connectivity index (χ2n) is 5.29. The lowest BCUT2D eigenvalue weighted by Gasteiger charge is -2.21. The number of halogens is 3. The summed E-state index contributed by atoms with van der Waals surface area (Å²) in [5.41, 5.74) is -0.544. The first-order valence-electron chi connectivity index (χ1n) is 6.80. The molecule has 0 saturated carbocycles. The Labute approximate surface area is 131 Å². The molecule has 1 heterocycles. The summed E-state index contributed by atoms with van der Waals surface area (Å²) in [5, 5.41) is 4.81. The molecule has 1 atom stereocenters. The third-order valence-corrected chi connectivity index (χ3v) is 4.23. The number of hydrogen-bond acceptors (Lipinski definition) is 2. The summed E-state index contributed by atoms with van der Waals surface area (Å²) in [6, 6.07) is 7.92. The SMILES string of the molecule is CC(C)[C@@H](NC(=O)c1ccc(C(F)(F)F)cc1)c1cccs1. The summed E-state index contributed by atoms with van der Waals surface area (Å²) in [7, 11) is 0. The first-order valence-corrected chi connectivity index (χ1v) is 7.68. The highest BCUT2D eigenvalue weighted by Gasteiger charge is 2.30. The van der Waals surface area contributed by atoms with Gasteiger partial charge in [-0.2, -0.15) is 13.2 Å². The molecule has 1 N–H and O–H groups in total. The lowest BCUT2D eigenvalue weighted by atomic mass is 10.0. The maximum absolute atomic E-state index is 12.5. The van der Waals surface area contributed by atoms with Crippen molar-refractivity contribution in [1.29, 1.82) is 0 Å². The van der Waals surface area contributed by atoms with Gasteiger partial charge in [-0.25, -0.2) is 0 Å². The molecule has 2 nitrogen and oxygen atoms in total. The minimum absolute atomic E-state index is 0.158. The lowest BCUT2D eigenvalue weighted by molar-refractivity contribution is -0.137. The van der Waals surface area contributed by atoms with Crippen LogP contribution in [-0.4, -0.2) is 5.91 Å². The Hall–Kier alpha value is -1.82. The normalized spacial score (nSPS) is 13.2. The first-order chi connectivity index (χ1) is 10.3. The molecule has 2 rings (SSSR count). The van der Waals surface area contributed by atoms with Gasteiger partial charge in [-0.3, -0.25) is 4.79 Å². The average molecular weight is 327 g/mol. The fourth-order valence-corrected chi connectivity index (χ4v) is 3.02. The van der Waals surface area contributed by atoms with Crippen molar-refractivity contribution in [2.24, 2.45) is 5.92 Å². The number of carbonyl (C=O) groups is 1. The molecule has 0 saturated heterocycles. The van der Waals surface area contributed by atoms with E-state index in [9.17, 15) is 18.0 Å². The number of nitrogens with one attached hydrogen (secondary N) is 1. The van der Waals surface area contributed by atoms with Gasteiger partial charge in [-0.15, -0.1) is 11.3 Å². The molecule has 6 heteroatoms. The van der Waals surface area contributed by atoms with Crippen molar-refractivity contribution in [2.45, 2.75) is 26.1 Å². The standard InChI is InChI=1S/C16H16F3NOS/c1-10(2)14(13-4-3-9-22-13)20-15(21)11-5-7-12(8-6-11)16(17,18)19/h3-10,14H,1-2H3,(H,20,21)/t14-/m1/s1. The number of hydrogen-bond donors (Lipinski definition) is 1. The highest BCUT2D eigenvalue weighted by molar-refractivity contribution is 7.10. The van der Waals surface area contributed by atoms with Gasteiger partial charge < -0.3 is 5.32 Å². The third-order valence-electron chi connectivity index (χ3n) is 3.28. The van der Waals surface area contributed by atoms with Gasteiger partial charge in [-0.05, 0) is 41.6 Å². The minimum Gasteiger partial charge on any atom is -0.344 e. The quantitative estimate of drug-likeness (QED) is 0.851. The first kappa shape index (κ1) is 16.5. The van der Waals surface area contributed by atoms with Crippen LogP contribution in [0.5, 0.6) is 0 Å². The van der Waals surface area contributed by atoms with Crippen molar-refractivity contribution < 1.29 is 18.0 Å². The van der Waals surface area contributed by atoms with Crippen molar-refractivity contribution in [3.05, 3.63) is 57.8 Å². The molecule has 0 unspecified atom stereocenters. The molecule has 1 amide bonds. The number of alkyl halides is 3. The summed E-state index contributed by atoms with van der Waals surface area (Å²) >= 11 is 1.54. The fourth-order valence-electron chi connectivity index (χ4n) is 2.07. The van der Waals surface area contributed by atoms with Crippen LogP contribution in [0.3, 0.4) is 0 Å². The van der Waals surface area contributed by atoms with Crippen LogP contribution in [0, 0.1) is 5.92 Å². The third kappa shape index (κ3) is 3.88. The Kier molecular flexibility index (Phi) is 4.90. The van der Waals surface area contributed by atoms with Crippen molar-refractivity contribution in [3.8, 4) is 0 Å². The van der Waals surface area contributed by atoms with Gasteiger partial charge in [0, 0.05) is 10.4 Å². The van der Waals surface area contributed by atoms with Gasteiger partial charge >= 0.3 is 6.18 Å². The maximum atomic E-state index is 12.5. The molecule has 0 spiro atoms. The number of benzene rings is 1. The van der Waals surface area contributed by atoms with Crippen LogP contribution >= 0.6 is 11.3 Å². The Morgan fingerprint density at radius 1 is 1.14 bits per heavy atom. The Morgan fingerprint density at radius 2 is 1.77 bits per heavy atom. The van der Waals surface area contributed by atoms with E-state index >= 15 is 0 Å². The molecule has 0 aliphatic heterocycles. The van der Waals surface area contributed by atoms with Gasteiger partial charge in [0.05, 0.1) is 11.6 Å². The van der Waals surface area contributed by atoms with Crippen LogP contribution in [0.1, 0.15) is 40.7 Å². The van der Waals surface area contributed by atoms with Gasteiger partial charge in [0.25, 0.3) is 5.91 Å². The van der Waals surface area contributed by atoms with Crippen molar-refractivity contribution in [2.75, 3.05) is 0 Å². The molecular weight excluding hydrogens is 311 g/mol. The lowest BCUT2D eigenvalue weighted by Crippen LogP contribution is -2.31. The predicted octanol–water partition coefficient (Wildman–Crippen LogP) is 4.89. The fraction of sp³-hybridized carbons (Fsp3) is 0.312. The van der Waals surface area contributed by atoms with Crippen LogP contribution in [0.25, 0.3) is 0 Å². The van der Waals surface area contributed by atoms with Crippen LogP contribution in [0.15, 0.2) is 41.8 Å². The van der Waals surface area contributed by atoms with Gasteiger partial charge in [-0.1, -0.05) is 19.9 Å². The molecular formula is C16H16F3NOS. The highest BCUT2D eigenvalue weighted by atomic mass is 32.1. The van der Waals surface area contributed by atoms with E-state index in [2.05, 4.69) is 5.32 Å². The molecule has 118 valence electrons. The van der Waals surface area contributed by atoms with Crippen molar-refractivity contribution in [3.63, 3.8) is 0 Å². The molecule has 22 heavy (non-hydrogen) atoms. The van der Waals surface area contributed by atoms with E-state index in [1.807, 2.05) is 31.4 Å². The van der Waals surface area contributed by atoms with Crippen molar-refractivity contribution >= 4 is 17.2 Å². The molecule has 1 aromatic carbocycles. The van der Waals surface area contributed by atoms with Gasteiger partial charge in [0.2, 0.25) is 0 Å². The molecule has 0 radical (unpaired) electrons. The predicted molar refractivity (Wildman–Crippen MR) is 80.8 cm³/mol. The summed E-state index contributed by atoms with van der Waals surface area (Å²) in [5.74, 6) is -0.196. The number of rotatable bonds is 4. The molecule has 1 aromatic heterocycles. The number of carbonyl (C=O) groups excluding carboxylic acids is 1. The van der Waals surface area contributed by atoms with Crippen LogP contribution in [0.4, 0.5) is 13.2 Å². The zero-order valence-electron chi connectivity index (χ0n) is 12.1. The van der Waals surface area contributed by atoms with E-state index in [4.69, 9.17) is 0 Å². The second kappa shape index (κ2) is 6.52. The van der Waals surface area contributed by atoms with E-state index in [0.29, 0.717) is 0 Å².